The molecule has 16 heavy (non-hydrogen) atoms. The summed E-state index contributed by atoms with van der Waals surface area (Å²) in [4.78, 5) is 9.76. The molecule has 0 saturated carbocycles. The van der Waals surface area contributed by atoms with Gasteiger partial charge in [-0.1, -0.05) is 19.9 Å². The first-order valence-electron chi connectivity index (χ1n) is 5.10. The van der Waals surface area contributed by atoms with Gasteiger partial charge in [-0.25, -0.2) is 0 Å². The van der Waals surface area contributed by atoms with Gasteiger partial charge in [0.1, 0.15) is 5.75 Å². The lowest BCUT2D eigenvalue weighted by Crippen LogP contribution is -2.01. The van der Waals surface area contributed by atoms with Crippen molar-refractivity contribution < 1.29 is 14.2 Å². The summed E-state index contributed by atoms with van der Waals surface area (Å²) >= 11 is 0. The number of rotatable bonds is 4. The van der Waals surface area contributed by atoms with Crippen LogP contribution < -0.4 is 10.5 Å². The smallest absolute Gasteiger partial charge is 0.207 e. The van der Waals surface area contributed by atoms with E-state index in [0.29, 0.717) is 11.4 Å². The van der Waals surface area contributed by atoms with Gasteiger partial charge in [-0.3, -0.25) is 4.57 Å². The predicted octanol–water partition coefficient (Wildman–Crippen LogP) is 2.46. The van der Waals surface area contributed by atoms with E-state index in [1.165, 1.54) is 7.11 Å². The van der Waals surface area contributed by atoms with Crippen LogP contribution in [0.15, 0.2) is 18.2 Å². The van der Waals surface area contributed by atoms with Crippen molar-refractivity contribution in [1.82, 2.24) is 0 Å². The Morgan fingerprint density at radius 1 is 1.50 bits per heavy atom. The lowest BCUT2D eigenvalue weighted by Gasteiger charge is -2.16. The molecule has 1 unspecified atom stereocenters. The maximum Gasteiger partial charge on any atom is 0.207 e. The monoisotopic (exact) mass is 243 g/mol. The molecule has 5 heteroatoms. The van der Waals surface area contributed by atoms with Gasteiger partial charge >= 0.3 is 0 Å². The Labute approximate surface area is 95.9 Å². The summed E-state index contributed by atoms with van der Waals surface area (Å²) in [7, 11) is -1.60. The minimum atomic E-state index is -3.13. The van der Waals surface area contributed by atoms with Crippen molar-refractivity contribution in [2.75, 3.05) is 12.8 Å². The quantitative estimate of drug-likeness (QED) is 0.629. The highest BCUT2D eigenvalue weighted by Crippen LogP contribution is 2.49. The number of hydrogen-bond acceptors (Lipinski definition) is 3. The number of anilines is 1. The fourth-order valence-electron chi connectivity index (χ4n) is 1.30. The average Bonchev–Trinajstić information content (AvgIpc) is 2.20. The van der Waals surface area contributed by atoms with E-state index < -0.39 is 7.37 Å². The van der Waals surface area contributed by atoms with Crippen LogP contribution in [0.5, 0.6) is 5.75 Å². The highest BCUT2D eigenvalue weighted by molar-refractivity contribution is 7.57. The maximum atomic E-state index is 11.9. The summed E-state index contributed by atoms with van der Waals surface area (Å²) < 4.78 is 16.9. The van der Waals surface area contributed by atoms with Gasteiger partial charge < -0.3 is 15.4 Å². The average molecular weight is 243 g/mol. The van der Waals surface area contributed by atoms with E-state index in [-0.39, 0.29) is 11.8 Å². The van der Waals surface area contributed by atoms with Crippen LogP contribution in [0, 0.1) is 0 Å². The van der Waals surface area contributed by atoms with Crippen molar-refractivity contribution in [3.8, 4) is 5.75 Å². The van der Waals surface area contributed by atoms with Gasteiger partial charge in [-0.05, 0) is 17.7 Å². The largest absolute Gasteiger partial charge is 0.495 e. The van der Waals surface area contributed by atoms with Crippen LogP contribution in [0.2, 0.25) is 0 Å². The standard InChI is InChI=1S/C11H18NO3P/c1-8(2)16(13,14)7-9-4-5-10(12)11(6-9)15-3/h4-6,8H,7,12H2,1-3H3,(H,13,14). The van der Waals surface area contributed by atoms with E-state index in [1.807, 2.05) is 0 Å². The molecular weight excluding hydrogens is 225 g/mol. The maximum absolute atomic E-state index is 11.9. The molecule has 0 spiro atoms. The first kappa shape index (κ1) is 13.1. The highest BCUT2D eigenvalue weighted by atomic mass is 31.2. The molecule has 0 aliphatic carbocycles. The third-order valence-electron chi connectivity index (χ3n) is 2.51. The molecule has 0 aromatic heterocycles. The third kappa shape index (κ3) is 3.00. The molecule has 4 nitrogen and oxygen atoms in total. The number of nitrogen functional groups attached to an aromatic ring is 1. The molecule has 3 N–H and O–H groups in total. The number of benzene rings is 1. The number of nitrogens with two attached hydrogens (primary N) is 1. The summed E-state index contributed by atoms with van der Waals surface area (Å²) in [6.45, 7) is 3.49. The van der Waals surface area contributed by atoms with Gasteiger partial charge in [0.05, 0.1) is 12.8 Å². The zero-order valence-corrected chi connectivity index (χ0v) is 10.7. The van der Waals surface area contributed by atoms with Crippen LogP contribution in [0.1, 0.15) is 19.4 Å². The third-order valence-corrected chi connectivity index (χ3v) is 4.95. The SMILES string of the molecule is COc1cc(CP(=O)(O)C(C)C)ccc1N. The summed E-state index contributed by atoms with van der Waals surface area (Å²) in [5, 5.41) is 0. The van der Waals surface area contributed by atoms with Crippen molar-refractivity contribution in [1.29, 1.82) is 0 Å². The molecule has 0 bridgehead atoms. The van der Waals surface area contributed by atoms with Crippen LogP contribution in [0.4, 0.5) is 5.69 Å². The van der Waals surface area contributed by atoms with Crippen molar-refractivity contribution in [2.24, 2.45) is 0 Å². The Bertz CT molecular complexity index is 418. The zero-order chi connectivity index (χ0) is 12.3. The summed E-state index contributed by atoms with van der Waals surface area (Å²) in [5.74, 6) is 0.543. The second kappa shape index (κ2) is 4.89. The Balaban J connectivity index is 2.95. The van der Waals surface area contributed by atoms with E-state index in [4.69, 9.17) is 10.5 Å². The molecule has 0 amide bonds. The van der Waals surface area contributed by atoms with Crippen LogP contribution >= 0.6 is 7.37 Å². The molecule has 0 aliphatic rings. The molecule has 0 heterocycles. The molecule has 0 fully saturated rings. The molecule has 90 valence electrons. The normalized spacial score (nSPS) is 14.8. The summed E-state index contributed by atoms with van der Waals surface area (Å²) in [5.41, 5.74) is 6.73. The van der Waals surface area contributed by atoms with Gasteiger partial charge in [0.25, 0.3) is 0 Å². The zero-order valence-electron chi connectivity index (χ0n) is 9.80. The molecule has 0 radical (unpaired) electrons. The van der Waals surface area contributed by atoms with Gasteiger partial charge in [-0.2, -0.15) is 0 Å². The molecule has 1 aromatic rings. The second-order valence-electron chi connectivity index (χ2n) is 4.08. The van der Waals surface area contributed by atoms with Gasteiger partial charge in [-0.15, -0.1) is 0 Å². The van der Waals surface area contributed by atoms with Crippen molar-refractivity contribution in [3.05, 3.63) is 23.8 Å². The first-order chi connectivity index (χ1) is 7.36. The van der Waals surface area contributed by atoms with Crippen LogP contribution in [0.25, 0.3) is 0 Å². The Hall–Kier alpha value is -0.990. The lowest BCUT2D eigenvalue weighted by atomic mass is 10.2. The summed E-state index contributed by atoms with van der Waals surface area (Å²) in [6.07, 6.45) is 0.154. The van der Waals surface area contributed by atoms with Crippen LogP contribution in [0.3, 0.4) is 0 Å². The van der Waals surface area contributed by atoms with E-state index in [0.717, 1.165) is 5.56 Å². The predicted molar refractivity (Wildman–Crippen MR) is 66.1 cm³/mol. The minimum Gasteiger partial charge on any atom is -0.495 e. The number of methoxy groups -OCH3 is 1. The topological polar surface area (TPSA) is 72.5 Å². The van der Waals surface area contributed by atoms with Crippen molar-refractivity contribution in [3.63, 3.8) is 0 Å². The van der Waals surface area contributed by atoms with E-state index in [9.17, 15) is 9.46 Å². The van der Waals surface area contributed by atoms with Crippen LogP contribution in [-0.4, -0.2) is 17.7 Å². The summed E-state index contributed by atoms with van der Waals surface area (Å²) in [6, 6.07) is 5.15. The van der Waals surface area contributed by atoms with Gasteiger partial charge in [0.15, 0.2) is 0 Å². The van der Waals surface area contributed by atoms with E-state index in [1.54, 1.807) is 32.0 Å². The van der Waals surface area contributed by atoms with E-state index >= 15 is 0 Å². The molecule has 1 atom stereocenters. The molecule has 1 aromatic carbocycles. The molecular formula is C11H18NO3P. The number of hydrogen-bond donors (Lipinski definition) is 2. The fourth-order valence-corrected chi connectivity index (χ4v) is 2.38. The minimum absolute atomic E-state index is 0.154. The molecule has 0 aliphatic heterocycles. The van der Waals surface area contributed by atoms with E-state index in [2.05, 4.69) is 0 Å². The van der Waals surface area contributed by atoms with Gasteiger partial charge in [0, 0.05) is 11.8 Å². The number of ether oxygens (including phenoxy) is 1. The Kier molecular flexibility index (Phi) is 4.00. The second-order valence-corrected chi connectivity index (χ2v) is 6.94. The van der Waals surface area contributed by atoms with Crippen molar-refractivity contribution >= 4 is 13.1 Å². The van der Waals surface area contributed by atoms with Gasteiger partial charge in [0.2, 0.25) is 7.37 Å². The highest BCUT2D eigenvalue weighted by Gasteiger charge is 2.23. The Morgan fingerprint density at radius 2 is 2.12 bits per heavy atom. The fraction of sp³-hybridized carbons (Fsp3) is 0.455. The molecule has 1 rings (SSSR count). The van der Waals surface area contributed by atoms with Crippen molar-refractivity contribution in [2.45, 2.75) is 25.7 Å². The molecule has 0 saturated heterocycles. The van der Waals surface area contributed by atoms with Crippen LogP contribution in [-0.2, 0) is 10.7 Å². The lowest BCUT2D eigenvalue weighted by molar-refractivity contribution is 0.416. The first-order valence-corrected chi connectivity index (χ1v) is 7.02. The Morgan fingerprint density at radius 3 is 2.62 bits per heavy atom.